The molecule has 1 saturated heterocycles. The molecule has 1 amide bonds. The summed E-state index contributed by atoms with van der Waals surface area (Å²) in [4.78, 5) is 15.6. The Hall–Kier alpha value is -2.33. The standard InChI is InChI=1S/C27H34N2O2/c1-31-25-9-5-8-22(16-25)27-14-15-29(18-20-10-11-20)19-23(27)12-13-24(17-27)28-26(30)21-6-3-2-4-7-21/h2-9,16,20,23-24H,10-15,17-19H2,1H3,(H,28,30)/t23?,24-,27?/m1/s1. The van der Waals surface area contributed by atoms with E-state index in [1.165, 1.54) is 31.5 Å². The minimum Gasteiger partial charge on any atom is -0.497 e. The molecule has 3 atom stereocenters. The number of hydrogen-bond donors (Lipinski definition) is 1. The Morgan fingerprint density at radius 3 is 2.71 bits per heavy atom. The smallest absolute Gasteiger partial charge is 0.251 e. The Bertz CT molecular complexity index is 910. The van der Waals surface area contributed by atoms with Crippen molar-refractivity contribution >= 4 is 5.91 Å². The molecule has 2 aromatic rings. The van der Waals surface area contributed by atoms with Gasteiger partial charge >= 0.3 is 0 Å². The molecule has 0 bridgehead atoms. The monoisotopic (exact) mass is 418 g/mol. The lowest BCUT2D eigenvalue weighted by Gasteiger charge is -2.53. The van der Waals surface area contributed by atoms with Gasteiger partial charge in [0.05, 0.1) is 7.11 Å². The van der Waals surface area contributed by atoms with Gasteiger partial charge in [-0.2, -0.15) is 0 Å². The molecule has 2 saturated carbocycles. The van der Waals surface area contributed by atoms with Crippen molar-refractivity contribution in [2.24, 2.45) is 11.8 Å². The molecule has 2 aromatic carbocycles. The van der Waals surface area contributed by atoms with Gasteiger partial charge in [-0.05, 0) is 86.7 Å². The second-order valence-electron chi connectivity index (χ2n) is 9.86. The van der Waals surface area contributed by atoms with Gasteiger partial charge in [0.1, 0.15) is 5.75 Å². The Balaban J connectivity index is 1.38. The van der Waals surface area contributed by atoms with Crippen molar-refractivity contribution in [3.05, 3.63) is 65.7 Å². The van der Waals surface area contributed by atoms with Crippen LogP contribution >= 0.6 is 0 Å². The van der Waals surface area contributed by atoms with E-state index >= 15 is 0 Å². The molecule has 2 aliphatic carbocycles. The van der Waals surface area contributed by atoms with Crippen molar-refractivity contribution in [2.75, 3.05) is 26.7 Å². The van der Waals surface area contributed by atoms with E-state index in [1.54, 1.807) is 7.11 Å². The summed E-state index contributed by atoms with van der Waals surface area (Å²) in [6, 6.07) is 18.5. The lowest BCUT2D eigenvalue weighted by Crippen LogP contribution is -2.56. The number of rotatable bonds is 6. The van der Waals surface area contributed by atoms with Crippen LogP contribution in [0.4, 0.5) is 0 Å². The van der Waals surface area contributed by atoms with Crippen LogP contribution in [0.1, 0.15) is 54.4 Å². The Morgan fingerprint density at radius 1 is 1.10 bits per heavy atom. The maximum Gasteiger partial charge on any atom is 0.251 e. The highest BCUT2D eigenvalue weighted by atomic mass is 16.5. The zero-order valence-corrected chi connectivity index (χ0v) is 18.6. The van der Waals surface area contributed by atoms with Crippen LogP contribution < -0.4 is 10.1 Å². The highest BCUT2D eigenvalue weighted by Gasteiger charge is 2.48. The number of amides is 1. The third kappa shape index (κ3) is 4.36. The van der Waals surface area contributed by atoms with Gasteiger partial charge in [0, 0.05) is 30.1 Å². The van der Waals surface area contributed by atoms with Crippen molar-refractivity contribution in [3.63, 3.8) is 0 Å². The average Bonchev–Trinajstić information content (AvgIpc) is 3.64. The van der Waals surface area contributed by atoms with Gasteiger partial charge < -0.3 is 15.0 Å². The summed E-state index contributed by atoms with van der Waals surface area (Å²) in [5.74, 6) is 2.56. The van der Waals surface area contributed by atoms with E-state index in [0.717, 1.165) is 49.5 Å². The number of likely N-dealkylation sites (tertiary alicyclic amines) is 1. The maximum atomic E-state index is 12.9. The molecular formula is C27H34N2O2. The summed E-state index contributed by atoms with van der Waals surface area (Å²) >= 11 is 0. The average molecular weight is 419 g/mol. The van der Waals surface area contributed by atoms with Crippen molar-refractivity contribution < 1.29 is 9.53 Å². The summed E-state index contributed by atoms with van der Waals surface area (Å²) in [5, 5.41) is 3.36. The molecule has 31 heavy (non-hydrogen) atoms. The summed E-state index contributed by atoms with van der Waals surface area (Å²) in [6.07, 6.45) is 7.23. The Kier molecular flexibility index (Phi) is 5.75. The van der Waals surface area contributed by atoms with Crippen LogP contribution in [0.5, 0.6) is 5.75 Å². The number of carbonyl (C=O) groups excluding carboxylic acids is 1. The van der Waals surface area contributed by atoms with Crippen LogP contribution in [-0.2, 0) is 5.41 Å². The number of piperidine rings is 1. The SMILES string of the molecule is COc1cccc(C23CCN(CC4CC4)CC2CC[C@@H](NC(=O)c2ccccc2)C3)c1. The van der Waals surface area contributed by atoms with Crippen LogP contribution in [0.3, 0.4) is 0 Å². The van der Waals surface area contributed by atoms with E-state index in [-0.39, 0.29) is 17.4 Å². The third-order valence-electron chi connectivity index (χ3n) is 7.84. The van der Waals surface area contributed by atoms with Crippen LogP contribution in [0.15, 0.2) is 54.6 Å². The molecule has 1 aliphatic heterocycles. The fraction of sp³-hybridized carbons (Fsp3) is 0.519. The third-order valence-corrected chi connectivity index (χ3v) is 7.84. The first-order valence-corrected chi connectivity index (χ1v) is 11.9. The van der Waals surface area contributed by atoms with Gasteiger partial charge in [-0.1, -0.05) is 30.3 Å². The Morgan fingerprint density at radius 2 is 1.94 bits per heavy atom. The van der Waals surface area contributed by atoms with Crippen LogP contribution in [0.25, 0.3) is 0 Å². The number of nitrogens with zero attached hydrogens (tertiary/aromatic N) is 1. The first kappa shape index (κ1) is 20.6. The van der Waals surface area contributed by atoms with E-state index < -0.39 is 0 Å². The van der Waals surface area contributed by atoms with Crippen molar-refractivity contribution in [1.29, 1.82) is 0 Å². The first-order valence-electron chi connectivity index (χ1n) is 11.9. The maximum absolute atomic E-state index is 12.9. The molecule has 0 spiro atoms. The van der Waals surface area contributed by atoms with Gasteiger partial charge in [-0.25, -0.2) is 0 Å². The summed E-state index contributed by atoms with van der Waals surface area (Å²) in [5.41, 5.74) is 2.25. The molecule has 3 aliphatic rings. The molecule has 3 fully saturated rings. The van der Waals surface area contributed by atoms with Crippen LogP contribution in [-0.4, -0.2) is 43.6 Å². The fourth-order valence-corrected chi connectivity index (χ4v) is 5.96. The highest BCUT2D eigenvalue weighted by molar-refractivity contribution is 5.94. The predicted molar refractivity (Wildman–Crippen MR) is 123 cm³/mol. The van der Waals surface area contributed by atoms with Gasteiger partial charge in [0.15, 0.2) is 0 Å². The van der Waals surface area contributed by atoms with Crippen molar-refractivity contribution in [3.8, 4) is 5.75 Å². The molecule has 1 heterocycles. The second kappa shape index (κ2) is 8.66. The van der Waals surface area contributed by atoms with Crippen LogP contribution in [0, 0.1) is 11.8 Å². The Labute approximate surface area is 186 Å². The number of carbonyl (C=O) groups is 1. The minimum absolute atomic E-state index is 0.0519. The van der Waals surface area contributed by atoms with Crippen LogP contribution in [0.2, 0.25) is 0 Å². The summed E-state index contributed by atoms with van der Waals surface area (Å²) in [6.45, 7) is 3.62. The molecule has 0 aromatic heterocycles. The molecule has 4 heteroatoms. The minimum atomic E-state index is 0.0519. The second-order valence-corrected chi connectivity index (χ2v) is 9.86. The predicted octanol–water partition coefficient (Wildman–Crippen LogP) is 4.65. The lowest BCUT2D eigenvalue weighted by molar-refractivity contribution is 0.0403. The highest BCUT2D eigenvalue weighted by Crippen LogP contribution is 2.50. The van der Waals surface area contributed by atoms with E-state index in [9.17, 15) is 4.79 Å². The van der Waals surface area contributed by atoms with Gasteiger partial charge in [-0.3, -0.25) is 4.79 Å². The fourth-order valence-electron chi connectivity index (χ4n) is 5.96. The van der Waals surface area contributed by atoms with E-state index in [2.05, 4.69) is 28.4 Å². The van der Waals surface area contributed by atoms with Gasteiger partial charge in [0.2, 0.25) is 0 Å². The summed E-state index contributed by atoms with van der Waals surface area (Å²) < 4.78 is 5.57. The molecule has 0 radical (unpaired) electrons. The zero-order chi connectivity index (χ0) is 21.3. The topological polar surface area (TPSA) is 41.6 Å². The van der Waals surface area contributed by atoms with E-state index in [0.29, 0.717) is 5.92 Å². The quantitative estimate of drug-likeness (QED) is 0.743. The zero-order valence-electron chi connectivity index (χ0n) is 18.6. The molecular weight excluding hydrogens is 384 g/mol. The first-order chi connectivity index (χ1) is 15.2. The largest absolute Gasteiger partial charge is 0.497 e. The molecule has 5 rings (SSSR count). The lowest BCUT2D eigenvalue weighted by atomic mass is 9.58. The van der Waals surface area contributed by atoms with E-state index in [1.807, 2.05) is 36.4 Å². The number of methoxy groups -OCH3 is 1. The van der Waals surface area contributed by atoms with Crippen molar-refractivity contribution in [1.82, 2.24) is 10.2 Å². The number of hydrogen-bond acceptors (Lipinski definition) is 3. The van der Waals surface area contributed by atoms with Gasteiger partial charge in [-0.15, -0.1) is 0 Å². The molecule has 1 N–H and O–H groups in total. The number of benzene rings is 2. The molecule has 4 nitrogen and oxygen atoms in total. The normalized spacial score (nSPS) is 28.5. The number of nitrogens with one attached hydrogen (secondary N) is 1. The number of ether oxygens (including phenoxy) is 1. The summed E-state index contributed by atoms with van der Waals surface area (Å²) in [7, 11) is 1.75. The van der Waals surface area contributed by atoms with Crippen molar-refractivity contribution in [2.45, 2.75) is 50.0 Å². The number of fused-ring (bicyclic) bond motifs is 1. The molecule has 164 valence electrons. The molecule has 2 unspecified atom stereocenters. The van der Waals surface area contributed by atoms with E-state index in [4.69, 9.17) is 4.74 Å². The van der Waals surface area contributed by atoms with Gasteiger partial charge in [0.25, 0.3) is 5.91 Å².